The van der Waals surface area contributed by atoms with Crippen LogP contribution < -0.4 is 0 Å². The third-order valence-electron chi connectivity index (χ3n) is 1.53. The molecule has 0 aliphatic heterocycles. The van der Waals surface area contributed by atoms with Gasteiger partial charge in [-0.2, -0.15) is 5.26 Å². The van der Waals surface area contributed by atoms with Gasteiger partial charge in [-0.15, -0.1) is 0 Å². The minimum Gasteiger partial charge on any atom is -0.461 e. The van der Waals surface area contributed by atoms with E-state index in [1.807, 2.05) is 0 Å². The second-order valence-corrected chi connectivity index (χ2v) is 3.66. The van der Waals surface area contributed by atoms with Gasteiger partial charge in [0.05, 0.1) is 6.26 Å². The van der Waals surface area contributed by atoms with Gasteiger partial charge in [-0.25, -0.2) is 0 Å². The molecule has 1 aromatic rings. The Bertz CT molecular complexity index is 482. The maximum absolute atomic E-state index is 11.6. The lowest BCUT2D eigenvalue weighted by atomic mass is 10.2. The Morgan fingerprint density at radius 2 is 2.41 bits per heavy atom. The fourth-order valence-electron chi connectivity index (χ4n) is 0.839. The fourth-order valence-corrected chi connectivity index (χ4v) is 0.965. The van der Waals surface area contributed by atoms with E-state index >= 15 is 0 Å². The molecule has 1 heterocycles. The van der Waals surface area contributed by atoms with E-state index in [4.69, 9.17) is 32.9 Å². The number of nitriles is 1. The number of furan rings is 1. The Balaban J connectivity index is 2.66. The van der Waals surface area contributed by atoms with Crippen LogP contribution >= 0.6 is 23.2 Å². The number of rotatable bonds is 5. The molecule has 0 fully saturated rings. The van der Waals surface area contributed by atoms with Gasteiger partial charge < -0.3 is 9.25 Å². The van der Waals surface area contributed by atoms with Crippen LogP contribution in [-0.4, -0.2) is 18.1 Å². The van der Waals surface area contributed by atoms with E-state index in [-0.39, 0.29) is 16.9 Å². The van der Waals surface area contributed by atoms with Gasteiger partial charge in [0.1, 0.15) is 17.2 Å². The molecule has 0 unspecified atom stereocenters. The first-order valence-electron chi connectivity index (χ1n) is 4.34. The van der Waals surface area contributed by atoms with Gasteiger partial charge in [0, 0.05) is 0 Å². The maximum atomic E-state index is 11.6. The summed E-state index contributed by atoms with van der Waals surface area (Å²) < 4.78 is 4.84. The van der Waals surface area contributed by atoms with Gasteiger partial charge in [-0.1, -0.05) is 28.4 Å². The van der Waals surface area contributed by atoms with Crippen LogP contribution in [-0.2, 0) is 4.84 Å². The van der Waals surface area contributed by atoms with Crippen molar-refractivity contribution in [1.29, 1.82) is 5.26 Å². The highest BCUT2D eigenvalue weighted by molar-refractivity contribution is 6.55. The molecule has 0 aromatic carbocycles. The number of oxime groups is 1. The number of Topliss-reactive ketones (excluding diaryl/α,β-unsaturated/α-hetero) is 1. The van der Waals surface area contributed by atoms with Crippen molar-refractivity contribution >= 4 is 34.7 Å². The van der Waals surface area contributed by atoms with Crippen LogP contribution in [0.2, 0.25) is 0 Å². The molecule has 0 bridgehead atoms. The van der Waals surface area contributed by atoms with Gasteiger partial charge >= 0.3 is 0 Å². The highest BCUT2D eigenvalue weighted by Gasteiger charge is 2.17. The largest absolute Gasteiger partial charge is 0.461 e. The average Bonchev–Trinajstić information content (AvgIpc) is 2.81. The van der Waals surface area contributed by atoms with Crippen LogP contribution in [0.5, 0.6) is 0 Å². The minimum absolute atomic E-state index is 0.0102. The summed E-state index contributed by atoms with van der Waals surface area (Å²) in [5.74, 6) is -0.640. The van der Waals surface area contributed by atoms with Crippen LogP contribution in [0.4, 0.5) is 0 Å². The molecule has 0 aliphatic carbocycles. The summed E-state index contributed by atoms with van der Waals surface area (Å²) in [5.41, 5.74) is -0.418. The van der Waals surface area contributed by atoms with Crippen LogP contribution in [0.3, 0.4) is 0 Å². The fraction of sp³-hybridized carbons (Fsp3) is 0.100. The minimum atomic E-state index is -0.654. The molecule has 1 rings (SSSR count). The number of nitrogens with zero attached hydrogens (tertiary/aromatic N) is 2. The molecule has 0 aliphatic rings. The SMILES string of the molecule is N#C/C(=N\OCC=C(Cl)Cl)C(=O)c1ccco1. The molecule has 7 heteroatoms. The highest BCUT2D eigenvalue weighted by atomic mass is 35.5. The molecular formula is C10H6Cl2N2O3. The Kier molecular flexibility index (Phi) is 5.27. The van der Waals surface area contributed by atoms with Gasteiger partial charge in [0.2, 0.25) is 5.71 Å². The van der Waals surface area contributed by atoms with Crippen LogP contribution in [0, 0.1) is 11.3 Å². The van der Waals surface area contributed by atoms with Crippen LogP contribution in [0.15, 0.2) is 38.5 Å². The second kappa shape index (κ2) is 6.74. The predicted molar refractivity (Wildman–Crippen MR) is 61.8 cm³/mol. The van der Waals surface area contributed by atoms with Crippen LogP contribution in [0.25, 0.3) is 0 Å². The first-order valence-corrected chi connectivity index (χ1v) is 5.10. The lowest BCUT2D eigenvalue weighted by Crippen LogP contribution is -2.12. The molecule has 5 nitrogen and oxygen atoms in total. The van der Waals surface area contributed by atoms with Gasteiger partial charge in [0.25, 0.3) is 5.78 Å². The van der Waals surface area contributed by atoms with E-state index in [2.05, 4.69) is 9.99 Å². The van der Waals surface area contributed by atoms with Crippen molar-refractivity contribution in [2.45, 2.75) is 0 Å². The summed E-state index contributed by atoms with van der Waals surface area (Å²) in [6.07, 6.45) is 2.64. The van der Waals surface area contributed by atoms with Crippen molar-refractivity contribution in [3.05, 3.63) is 34.7 Å². The molecule has 0 spiro atoms. The molecule has 0 saturated heterocycles. The Morgan fingerprint density at radius 3 is 2.94 bits per heavy atom. The quantitative estimate of drug-likeness (QED) is 0.357. The lowest BCUT2D eigenvalue weighted by Gasteiger charge is -1.95. The number of ketones is 1. The maximum Gasteiger partial charge on any atom is 0.260 e. The van der Waals surface area contributed by atoms with E-state index in [0.717, 1.165) is 0 Å². The van der Waals surface area contributed by atoms with Crippen molar-refractivity contribution in [3.8, 4) is 6.07 Å². The van der Waals surface area contributed by atoms with Crippen molar-refractivity contribution in [2.75, 3.05) is 6.61 Å². The lowest BCUT2D eigenvalue weighted by molar-refractivity contribution is 0.103. The summed E-state index contributed by atoms with van der Waals surface area (Å²) in [6.45, 7) is -0.0427. The Labute approximate surface area is 107 Å². The third kappa shape index (κ3) is 4.31. The van der Waals surface area contributed by atoms with E-state index < -0.39 is 11.5 Å². The highest BCUT2D eigenvalue weighted by Crippen LogP contribution is 2.06. The predicted octanol–water partition coefficient (Wildman–Crippen LogP) is 2.68. The van der Waals surface area contributed by atoms with Crippen molar-refractivity contribution in [3.63, 3.8) is 0 Å². The van der Waals surface area contributed by atoms with E-state index in [9.17, 15) is 4.79 Å². The topological polar surface area (TPSA) is 75.6 Å². The van der Waals surface area contributed by atoms with Crippen LogP contribution in [0.1, 0.15) is 10.6 Å². The monoisotopic (exact) mass is 272 g/mol. The number of carbonyl (C=O) groups excluding carboxylic acids is 1. The van der Waals surface area contributed by atoms with Crippen molar-refractivity contribution in [1.82, 2.24) is 0 Å². The van der Waals surface area contributed by atoms with E-state index in [1.165, 1.54) is 24.5 Å². The summed E-state index contributed by atoms with van der Waals surface area (Å²) in [4.78, 5) is 16.2. The Morgan fingerprint density at radius 1 is 1.65 bits per heavy atom. The van der Waals surface area contributed by atoms with Gasteiger partial charge in [0.15, 0.2) is 5.76 Å². The first kappa shape index (κ1) is 13.3. The number of halogens is 2. The summed E-state index contributed by atoms with van der Waals surface area (Å²) >= 11 is 10.6. The molecule has 88 valence electrons. The molecule has 0 amide bonds. The van der Waals surface area contributed by atoms with Gasteiger partial charge in [-0.3, -0.25) is 4.79 Å². The second-order valence-electron chi connectivity index (χ2n) is 2.65. The number of hydrogen-bond acceptors (Lipinski definition) is 5. The summed E-state index contributed by atoms with van der Waals surface area (Å²) in [6, 6.07) is 4.56. The summed E-state index contributed by atoms with van der Waals surface area (Å²) in [5, 5.41) is 12.1. The first-order chi connectivity index (χ1) is 8.15. The van der Waals surface area contributed by atoms with E-state index in [1.54, 1.807) is 6.07 Å². The summed E-state index contributed by atoms with van der Waals surface area (Å²) in [7, 11) is 0. The molecule has 0 saturated carbocycles. The van der Waals surface area contributed by atoms with Crippen molar-refractivity contribution < 1.29 is 14.0 Å². The zero-order valence-electron chi connectivity index (χ0n) is 8.39. The third-order valence-corrected chi connectivity index (χ3v) is 1.84. The Hall–Kier alpha value is -1.77. The van der Waals surface area contributed by atoms with Crippen molar-refractivity contribution in [2.24, 2.45) is 5.16 Å². The molecule has 0 radical (unpaired) electrons. The normalized spacial score (nSPS) is 10.5. The van der Waals surface area contributed by atoms with Gasteiger partial charge in [-0.05, 0) is 18.2 Å². The zero-order valence-corrected chi connectivity index (χ0v) is 9.90. The molecule has 0 N–H and O–H groups in total. The van der Waals surface area contributed by atoms with E-state index in [0.29, 0.717) is 0 Å². The smallest absolute Gasteiger partial charge is 0.260 e. The number of carbonyl (C=O) groups is 1. The molecular weight excluding hydrogens is 267 g/mol. The standard InChI is InChI=1S/C10H6Cl2N2O3/c11-9(12)3-5-17-14-7(6-13)10(15)8-2-1-4-16-8/h1-4H,5H2/b14-7+. The number of hydrogen-bond donors (Lipinski definition) is 0. The molecule has 0 atom stereocenters. The average molecular weight is 273 g/mol. The molecule has 17 heavy (non-hydrogen) atoms. The zero-order chi connectivity index (χ0) is 12.7. The molecule has 1 aromatic heterocycles.